The molecule has 5 heteroatoms. The fourth-order valence-corrected chi connectivity index (χ4v) is 2.93. The van der Waals surface area contributed by atoms with Gasteiger partial charge in [0, 0.05) is 30.6 Å². The number of alkyl halides is 1. The summed E-state index contributed by atoms with van der Waals surface area (Å²) in [5, 5.41) is 3.17. The van der Waals surface area contributed by atoms with Crippen LogP contribution in [0.5, 0.6) is 0 Å². The summed E-state index contributed by atoms with van der Waals surface area (Å²) >= 11 is 5.04. The number of nitrogens with zero attached hydrogens (tertiary/aromatic N) is 2. The highest BCUT2D eigenvalue weighted by Gasteiger charge is 2.28. The summed E-state index contributed by atoms with van der Waals surface area (Å²) in [6, 6.07) is 0. The molecular weight excluding hydrogens is 276 g/mol. The van der Waals surface area contributed by atoms with Gasteiger partial charge in [-0.3, -0.25) is 4.79 Å². The van der Waals surface area contributed by atoms with Crippen LogP contribution in [0.25, 0.3) is 0 Å². The van der Waals surface area contributed by atoms with Crippen molar-refractivity contribution in [2.45, 2.75) is 24.6 Å². The van der Waals surface area contributed by atoms with Crippen LogP contribution in [-0.2, 0) is 11.2 Å². The van der Waals surface area contributed by atoms with E-state index >= 15 is 0 Å². The summed E-state index contributed by atoms with van der Waals surface area (Å²) < 4.78 is 0. The SMILES string of the molecule is Cc1csc(CCN2CCC(Br)C2=O)n1. The topological polar surface area (TPSA) is 33.2 Å². The second-order valence-electron chi connectivity index (χ2n) is 3.71. The predicted molar refractivity (Wildman–Crippen MR) is 64.5 cm³/mol. The van der Waals surface area contributed by atoms with Gasteiger partial charge in [-0.25, -0.2) is 4.98 Å². The lowest BCUT2D eigenvalue weighted by atomic mass is 10.4. The molecule has 15 heavy (non-hydrogen) atoms. The van der Waals surface area contributed by atoms with Crippen LogP contribution >= 0.6 is 27.3 Å². The number of hydrogen-bond donors (Lipinski definition) is 0. The molecule has 1 amide bonds. The van der Waals surface area contributed by atoms with Crippen LogP contribution in [0.1, 0.15) is 17.1 Å². The van der Waals surface area contributed by atoms with Crippen LogP contribution in [-0.4, -0.2) is 33.7 Å². The number of aryl methyl sites for hydroxylation is 1. The van der Waals surface area contributed by atoms with Gasteiger partial charge in [-0.2, -0.15) is 0 Å². The molecule has 1 unspecified atom stereocenters. The van der Waals surface area contributed by atoms with Crippen molar-refractivity contribution < 1.29 is 4.79 Å². The van der Waals surface area contributed by atoms with Crippen LogP contribution in [0.15, 0.2) is 5.38 Å². The molecule has 1 aromatic rings. The molecule has 2 rings (SSSR count). The standard InChI is InChI=1S/C10H13BrN2OS/c1-7-6-15-9(12-7)3-5-13-4-2-8(11)10(13)14/h6,8H,2-5H2,1H3. The Bertz CT molecular complexity index is 366. The quantitative estimate of drug-likeness (QED) is 0.797. The molecule has 3 nitrogen and oxygen atoms in total. The number of hydrogen-bond acceptors (Lipinski definition) is 3. The number of carbonyl (C=O) groups excluding carboxylic acids is 1. The van der Waals surface area contributed by atoms with Gasteiger partial charge in [-0.15, -0.1) is 11.3 Å². The molecule has 1 atom stereocenters. The molecule has 1 saturated heterocycles. The van der Waals surface area contributed by atoms with E-state index in [4.69, 9.17) is 0 Å². The minimum atomic E-state index is 0.0375. The second-order valence-corrected chi connectivity index (χ2v) is 5.76. The smallest absolute Gasteiger partial charge is 0.236 e. The van der Waals surface area contributed by atoms with Gasteiger partial charge in [0.25, 0.3) is 0 Å². The monoisotopic (exact) mass is 288 g/mol. The van der Waals surface area contributed by atoms with Crippen molar-refractivity contribution in [3.63, 3.8) is 0 Å². The lowest BCUT2D eigenvalue weighted by Crippen LogP contribution is -2.29. The number of halogens is 1. The molecule has 0 bridgehead atoms. The first-order chi connectivity index (χ1) is 7.16. The Morgan fingerprint density at radius 3 is 3.07 bits per heavy atom. The third-order valence-electron chi connectivity index (χ3n) is 2.49. The van der Waals surface area contributed by atoms with E-state index in [1.807, 2.05) is 11.8 Å². The van der Waals surface area contributed by atoms with Crippen molar-refractivity contribution in [1.29, 1.82) is 0 Å². The van der Waals surface area contributed by atoms with E-state index in [2.05, 4.69) is 26.3 Å². The van der Waals surface area contributed by atoms with Crippen LogP contribution in [0.2, 0.25) is 0 Å². The molecule has 2 heterocycles. The molecule has 0 aromatic carbocycles. The van der Waals surface area contributed by atoms with Crippen molar-refractivity contribution in [3.8, 4) is 0 Å². The fourth-order valence-electron chi connectivity index (χ4n) is 1.67. The van der Waals surface area contributed by atoms with E-state index in [1.54, 1.807) is 11.3 Å². The Balaban J connectivity index is 1.86. The summed E-state index contributed by atoms with van der Waals surface area (Å²) in [7, 11) is 0. The van der Waals surface area contributed by atoms with Gasteiger partial charge in [0.05, 0.1) is 9.83 Å². The van der Waals surface area contributed by atoms with Crippen molar-refractivity contribution in [3.05, 3.63) is 16.1 Å². The number of rotatable bonds is 3. The summed E-state index contributed by atoms with van der Waals surface area (Å²) in [5.74, 6) is 0.225. The van der Waals surface area contributed by atoms with Crippen LogP contribution < -0.4 is 0 Å². The zero-order valence-electron chi connectivity index (χ0n) is 8.57. The lowest BCUT2D eigenvalue weighted by Gasteiger charge is -2.14. The van der Waals surface area contributed by atoms with Gasteiger partial charge in [0.2, 0.25) is 5.91 Å². The molecule has 0 N–H and O–H groups in total. The second kappa shape index (κ2) is 4.61. The van der Waals surface area contributed by atoms with Crippen molar-refractivity contribution >= 4 is 33.2 Å². The average molecular weight is 289 g/mol. The predicted octanol–water partition coefficient (Wildman–Crippen LogP) is 1.99. The van der Waals surface area contributed by atoms with E-state index in [9.17, 15) is 4.79 Å². The largest absolute Gasteiger partial charge is 0.341 e. The number of aromatic nitrogens is 1. The van der Waals surface area contributed by atoms with Crippen molar-refractivity contribution in [2.24, 2.45) is 0 Å². The summed E-state index contributed by atoms with van der Waals surface area (Å²) in [5.41, 5.74) is 1.07. The molecular formula is C10H13BrN2OS. The number of amides is 1. The summed E-state index contributed by atoms with van der Waals surface area (Å²) in [4.78, 5) is 17.9. The van der Waals surface area contributed by atoms with Gasteiger partial charge >= 0.3 is 0 Å². The minimum Gasteiger partial charge on any atom is -0.341 e. The van der Waals surface area contributed by atoms with Gasteiger partial charge in [0.15, 0.2) is 0 Å². The maximum Gasteiger partial charge on any atom is 0.236 e. The van der Waals surface area contributed by atoms with E-state index in [1.165, 1.54) is 0 Å². The van der Waals surface area contributed by atoms with Gasteiger partial charge in [-0.1, -0.05) is 15.9 Å². The molecule has 0 saturated carbocycles. The lowest BCUT2D eigenvalue weighted by molar-refractivity contribution is -0.127. The minimum absolute atomic E-state index is 0.0375. The van der Waals surface area contributed by atoms with Gasteiger partial charge < -0.3 is 4.90 Å². The Hall–Kier alpha value is -0.420. The number of likely N-dealkylation sites (tertiary alicyclic amines) is 1. The molecule has 0 spiro atoms. The Morgan fingerprint density at radius 2 is 2.53 bits per heavy atom. The summed E-state index contributed by atoms with van der Waals surface area (Å²) in [6.45, 7) is 3.67. The normalized spacial score (nSPS) is 21.3. The first kappa shape index (κ1) is 11.1. The zero-order valence-corrected chi connectivity index (χ0v) is 11.0. The Kier molecular flexibility index (Phi) is 3.41. The highest BCUT2D eigenvalue weighted by Crippen LogP contribution is 2.19. The van der Waals surface area contributed by atoms with Gasteiger partial charge in [-0.05, 0) is 13.3 Å². The molecule has 1 aliphatic heterocycles. The highest BCUT2D eigenvalue weighted by molar-refractivity contribution is 9.10. The van der Waals surface area contributed by atoms with E-state index in [0.717, 1.165) is 36.6 Å². The molecule has 82 valence electrons. The maximum atomic E-state index is 11.6. The average Bonchev–Trinajstić information content (AvgIpc) is 2.74. The van der Waals surface area contributed by atoms with Crippen molar-refractivity contribution in [2.75, 3.05) is 13.1 Å². The fraction of sp³-hybridized carbons (Fsp3) is 0.600. The molecule has 1 aromatic heterocycles. The Labute approximate surface area is 102 Å². The number of carbonyl (C=O) groups is 1. The Morgan fingerprint density at radius 1 is 1.73 bits per heavy atom. The molecule has 0 aliphatic carbocycles. The van der Waals surface area contributed by atoms with Crippen LogP contribution in [0.3, 0.4) is 0 Å². The van der Waals surface area contributed by atoms with Crippen LogP contribution in [0, 0.1) is 6.92 Å². The van der Waals surface area contributed by atoms with E-state index in [0.29, 0.717) is 0 Å². The molecule has 1 fully saturated rings. The third kappa shape index (κ3) is 2.58. The van der Waals surface area contributed by atoms with E-state index in [-0.39, 0.29) is 10.7 Å². The zero-order chi connectivity index (χ0) is 10.8. The van der Waals surface area contributed by atoms with Crippen molar-refractivity contribution in [1.82, 2.24) is 9.88 Å². The molecule has 1 aliphatic rings. The molecule has 0 radical (unpaired) electrons. The first-order valence-electron chi connectivity index (χ1n) is 5.00. The van der Waals surface area contributed by atoms with Gasteiger partial charge in [0.1, 0.15) is 0 Å². The number of thiazole rings is 1. The van der Waals surface area contributed by atoms with E-state index < -0.39 is 0 Å². The summed E-state index contributed by atoms with van der Waals surface area (Å²) in [6.07, 6.45) is 1.81. The van der Waals surface area contributed by atoms with Crippen LogP contribution in [0.4, 0.5) is 0 Å². The third-order valence-corrected chi connectivity index (χ3v) is 4.37. The first-order valence-corrected chi connectivity index (χ1v) is 6.80. The highest BCUT2D eigenvalue weighted by atomic mass is 79.9. The maximum absolute atomic E-state index is 11.6.